The van der Waals surface area contributed by atoms with Crippen molar-refractivity contribution >= 4 is 17.4 Å². The maximum atomic E-state index is 6.33. The Morgan fingerprint density at radius 2 is 2.33 bits per heavy atom. The monoisotopic (exact) mass is 264 g/mol. The van der Waals surface area contributed by atoms with E-state index in [0.717, 1.165) is 35.9 Å². The molecule has 0 aliphatic carbocycles. The second kappa shape index (κ2) is 4.25. The first kappa shape index (κ1) is 12.0. The molecule has 0 radical (unpaired) electrons. The van der Waals surface area contributed by atoms with Gasteiger partial charge in [-0.2, -0.15) is 0 Å². The average Bonchev–Trinajstić information content (AvgIpc) is 2.85. The van der Waals surface area contributed by atoms with Crippen molar-refractivity contribution in [1.29, 1.82) is 0 Å². The molecule has 96 valence electrons. The van der Waals surface area contributed by atoms with Crippen LogP contribution in [-0.4, -0.2) is 25.0 Å². The Bertz CT molecular complexity index is 515. The van der Waals surface area contributed by atoms with Crippen LogP contribution in [0.1, 0.15) is 25.0 Å². The van der Waals surface area contributed by atoms with E-state index in [9.17, 15) is 0 Å². The largest absolute Gasteiger partial charge is 0.369 e. The van der Waals surface area contributed by atoms with Gasteiger partial charge in [-0.25, -0.2) is 0 Å². The number of ether oxygens (including phenoxy) is 1. The number of halogens is 1. The minimum absolute atomic E-state index is 0.146. The second-order valence-corrected chi connectivity index (χ2v) is 5.50. The lowest BCUT2D eigenvalue weighted by molar-refractivity contribution is -0.0472. The highest BCUT2D eigenvalue weighted by molar-refractivity contribution is 6.31. The Balaban J connectivity index is 2.15. The molecule has 0 spiro atoms. The normalized spacial score (nSPS) is 30.6. The predicted octanol–water partition coefficient (Wildman–Crippen LogP) is 2.52. The molecule has 1 N–H and O–H groups in total. The number of hydrogen-bond donors (Lipinski definition) is 1. The van der Waals surface area contributed by atoms with Crippen LogP contribution in [-0.2, 0) is 16.8 Å². The van der Waals surface area contributed by atoms with E-state index in [-0.39, 0.29) is 6.10 Å². The summed E-state index contributed by atoms with van der Waals surface area (Å²) >= 11 is 6.33. The molecule has 3 nitrogen and oxygen atoms in total. The molecule has 2 aliphatic rings. The summed E-state index contributed by atoms with van der Waals surface area (Å²) < 4.78 is 6.19. The molecule has 2 unspecified atom stereocenters. The lowest BCUT2D eigenvalue weighted by atomic mass is 9.85. The van der Waals surface area contributed by atoms with Crippen molar-refractivity contribution < 1.29 is 4.74 Å². The van der Waals surface area contributed by atoms with Crippen LogP contribution in [0.25, 0.3) is 0 Å². The number of fused-ring (bicyclic) bond motifs is 1. The summed E-state index contributed by atoms with van der Waals surface area (Å²) in [6.45, 7) is 5.87. The number of rotatable bonds is 1. The van der Waals surface area contributed by atoms with Crippen molar-refractivity contribution in [2.75, 3.05) is 13.1 Å². The average molecular weight is 265 g/mol. The van der Waals surface area contributed by atoms with Crippen LogP contribution in [0.2, 0.25) is 5.02 Å². The Labute approximate surface area is 112 Å². The van der Waals surface area contributed by atoms with E-state index in [2.05, 4.69) is 30.2 Å². The van der Waals surface area contributed by atoms with Crippen LogP contribution in [0.3, 0.4) is 0 Å². The predicted molar refractivity (Wildman–Crippen MR) is 73.4 cm³/mol. The van der Waals surface area contributed by atoms with Crippen LogP contribution in [0.5, 0.6) is 0 Å². The summed E-state index contributed by atoms with van der Waals surface area (Å²) in [5, 5.41) is 4.16. The fourth-order valence-electron chi connectivity index (χ4n) is 2.91. The zero-order valence-corrected chi connectivity index (χ0v) is 11.4. The van der Waals surface area contributed by atoms with Gasteiger partial charge in [-0.15, -0.1) is 0 Å². The van der Waals surface area contributed by atoms with Gasteiger partial charge in [0, 0.05) is 18.0 Å². The molecule has 2 heterocycles. The highest BCUT2D eigenvalue weighted by Crippen LogP contribution is 2.39. The molecule has 0 fully saturated rings. The standard InChI is InChI=1S/C14H17ClN2O/c1-9-8-10-11(4-3-5-12(10)15)14(2,18-9)13-16-6-7-17-13/h3-5,9H,6-8H2,1-2H3,(H,16,17). The number of hydrogen-bond acceptors (Lipinski definition) is 3. The lowest BCUT2D eigenvalue weighted by Crippen LogP contribution is -2.47. The molecule has 1 aromatic carbocycles. The van der Waals surface area contributed by atoms with Crippen molar-refractivity contribution in [3.8, 4) is 0 Å². The quantitative estimate of drug-likeness (QED) is 0.846. The zero-order chi connectivity index (χ0) is 12.8. The van der Waals surface area contributed by atoms with E-state index in [4.69, 9.17) is 16.3 Å². The highest BCUT2D eigenvalue weighted by Gasteiger charge is 2.42. The van der Waals surface area contributed by atoms with Gasteiger partial charge in [-0.3, -0.25) is 4.99 Å². The number of aliphatic imine (C=N–C) groups is 1. The molecule has 0 amide bonds. The van der Waals surface area contributed by atoms with Gasteiger partial charge >= 0.3 is 0 Å². The zero-order valence-electron chi connectivity index (χ0n) is 10.7. The van der Waals surface area contributed by atoms with Crippen LogP contribution in [0, 0.1) is 0 Å². The SMILES string of the molecule is CC1Cc2c(Cl)cccc2C(C)(C2=NCCN2)O1. The molecular formula is C14H17ClN2O. The van der Waals surface area contributed by atoms with Crippen LogP contribution in [0.15, 0.2) is 23.2 Å². The van der Waals surface area contributed by atoms with Gasteiger partial charge in [-0.1, -0.05) is 23.7 Å². The summed E-state index contributed by atoms with van der Waals surface area (Å²) in [6.07, 6.45) is 1.00. The van der Waals surface area contributed by atoms with Gasteiger partial charge in [0.1, 0.15) is 11.4 Å². The molecule has 0 aromatic heterocycles. The van der Waals surface area contributed by atoms with Gasteiger partial charge in [0.15, 0.2) is 0 Å². The van der Waals surface area contributed by atoms with Gasteiger partial charge < -0.3 is 10.1 Å². The number of benzene rings is 1. The Hall–Kier alpha value is -1.06. The molecule has 4 heteroatoms. The molecular weight excluding hydrogens is 248 g/mol. The van der Waals surface area contributed by atoms with Gasteiger partial charge in [-0.05, 0) is 31.0 Å². The van der Waals surface area contributed by atoms with Crippen LogP contribution < -0.4 is 5.32 Å². The van der Waals surface area contributed by atoms with Crippen molar-refractivity contribution in [2.24, 2.45) is 4.99 Å². The lowest BCUT2D eigenvalue weighted by Gasteiger charge is -2.39. The minimum Gasteiger partial charge on any atom is -0.369 e. The van der Waals surface area contributed by atoms with Gasteiger partial charge in [0.05, 0.1) is 12.6 Å². The number of nitrogens with zero attached hydrogens (tertiary/aromatic N) is 1. The third-order valence-electron chi connectivity index (χ3n) is 3.69. The van der Waals surface area contributed by atoms with Crippen molar-refractivity contribution in [3.63, 3.8) is 0 Å². The van der Waals surface area contributed by atoms with Crippen molar-refractivity contribution in [1.82, 2.24) is 5.32 Å². The highest BCUT2D eigenvalue weighted by atomic mass is 35.5. The summed E-state index contributed by atoms with van der Waals surface area (Å²) in [5.74, 6) is 0.928. The van der Waals surface area contributed by atoms with E-state index in [0.29, 0.717) is 0 Å². The van der Waals surface area contributed by atoms with Crippen LogP contribution in [0.4, 0.5) is 0 Å². The van der Waals surface area contributed by atoms with Gasteiger partial charge in [0.25, 0.3) is 0 Å². The minimum atomic E-state index is -0.492. The molecule has 0 bridgehead atoms. The van der Waals surface area contributed by atoms with E-state index >= 15 is 0 Å². The van der Waals surface area contributed by atoms with E-state index < -0.39 is 5.60 Å². The van der Waals surface area contributed by atoms with Gasteiger partial charge in [0.2, 0.25) is 0 Å². The molecule has 18 heavy (non-hydrogen) atoms. The van der Waals surface area contributed by atoms with E-state index in [1.54, 1.807) is 0 Å². The molecule has 1 aromatic rings. The topological polar surface area (TPSA) is 33.6 Å². The molecule has 0 saturated heterocycles. The maximum Gasteiger partial charge on any atom is 0.148 e. The Morgan fingerprint density at radius 1 is 1.50 bits per heavy atom. The number of nitrogens with one attached hydrogen (secondary N) is 1. The summed E-state index contributed by atoms with van der Waals surface area (Å²) in [6, 6.07) is 6.02. The molecule has 2 aliphatic heterocycles. The van der Waals surface area contributed by atoms with E-state index in [1.807, 2.05) is 12.1 Å². The molecule has 2 atom stereocenters. The molecule has 3 rings (SSSR count). The fourth-order valence-corrected chi connectivity index (χ4v) is 3.16. The Kier molecular flexibility index (Phi) is 2.83. The third kappa shape index (κ3) is 1.73. The second-order valence-electron chi connectivity index (χ2n) is 5.09. The first-order valence-corrected chi connectivity index (χ1v) is 6.73. The first-order chi connectivity index (χ1) is 8.61. The van der Waals surface area contributed by atoms with Crippen LogP contribution >= 0.6 is 11.6 Å². The number of amidine groups is 1. The van der Waals surface area contributed by atoms with Crippen molar-refractivity contribution in [2.45, 2.75) is 32.0 Å². The van der Waals surface area contributed by atoms with Crippen molar-refractivity contribution in [3.05, 3.63) is 34.3 Å². The fraction of sp³-hybridized carbons (Fsp3) is 0.500. The Morgan fingerprint density at radius 3 is 3.06 bits per heavy atom. The maximum absolute atomic E-state index is 6.33. The van der Waals surface area contributed by atoms with E-state index in [1.165, 1.54) is 5.56 Å². The molecule has 0 saturated carbocycles. The summed E-state index contributed by atoms with van der Waals surface area (Å²) in [7, 11) is 0. The smallest absolute Gasteiger partial charge is 0.148 e. The summed E-state index contributed by atoms with van der Waals surface area (Å²) in [4.78, 5) is 4.53. The first-order valence-electron chi connectivity index (χ1n) is 6.36. The summed E-state index contributed by atoms with van der Waals surface area (Å²) in [5.41, 5.74) is 1.84. The third-order valence-corrected chi connectivity index (χ3v) is 4.04.